The van der Waals surface area contributed by atoms with Gasteiger partial charge in [-0.15, -0.1) is 0 Å². The van der Waals surface area contributed by atoms with Crippen molar-refractivity contribution in [2.24, 2.45) is 20.0 Å². The van der Waals surface area contributed by atoms with Gasteiger partial charge in [-0.1, -0.05) is 0 Å². The molecule has 25 heavy (non-hydrogen) atoms. The van der Waals surface area contributed by atoms with Crippen LogP contribution < -0.4 is 5.56 Å². The van der Waals surface area contributed by atoms with Crippen molar-refractivity contribution in [2.75, 3.05) is 13.1 Å². The predicted octanol–water partition coefficient (Wildman–Crippen LogP) is 0.982. The second-order valence-electron chi connectivity index (χ2n) is 6.58. The molecule has 128 valence electrons. The van der Waals surface area contributed by atoms with Gasteiger partial charge in [0.15, 0.2) is 0 Å². The van der Waals surface area contributed by atoms with Crippen molar-refractivity contribution in [1.82, 2.24) is 24.2 Å². The Hall–Kier alpha value is -2.96. The number of nitrogens with zero attached hydrogens (tertiary/aromatic N) is 5. The van der Waals surface area contributed by atoms with E-state index in [0.29, 0.717) is 24.7 Å². The van der Waals surface area contributed by atoms with E-state index in [1.54, 1.807) is 11.9 Å². The van der Waals surface area contributed by atoms with Gasteiger partial charge in [-0.25, -0.2) is 4.68 Å². The number of rotatable bonds is 3. The fourth-order valence-corrected chi connectivity index (χ4v) is 3.39. The van der Waals surface area contributed by atoms with Gasteiger partial charge < -0.3 is 9.47 Å². The van der Waals surface area contributed by atoms with E-state index in [4.69, 9.17) is 0 Å². The Labute approximate surface area is 144 Å². The summed E-state index contributed by atoms with van der Waals surface area (Å²) in [5.74, 6) is 0.265. The Bertz CT molecular complexity index is 1010. The highest BCUT2D eigenvalue weighted by atomic mass is 16.2. The molecule has 1 aliphatic heterocycles. The zero-order valence-electron chi connectivity index (χ0n) is 14.2. The third kappa shape index (κ3) is 2.71. The molecule has 0 atom stereocenters. The molecule has 7 nitrogen and oxygen atoms in total. The Balaban J connectivity index is 1.45. The van der Waals surface area contributed by atoms with Crippen LogP contribution in [0.15, 0.2) is 41.5 Å². The number of carbonyl (C=O) groups excluding carboxylic acids is 1. The average molecular weight is 337 g/mol. The number of pyridine rings is 1. The molecule has 3 aromatic rings. The third-order valence-corrected chi connectivity index (χ3v) is 4.77. The van der Waals surface area contributed by atoms with E-state index < -0.39 is 0 Å². The molecule has 4 heterocycles. The summed E-state index contributed by atoms with van der Waals surface area (Å²) >= 11 is 0. The highest BCUT2D eigenvalue weighted by molar-refractivity contribution is 5.92. The van der Waals surface area contributed by atoms with Crippen LogP contribution in [0.4, 0.5) is 0 Å². The van der Waals surface area contributed by atoms with Crippen molar-refractivity contribution in [2.45, 2.75) is 6.42 Å². The first-order valence-electron chi connectivity index (χ1n) is 8.25. The van der Waals surface area contributed by atoms with Gasteiger partial charge in [-0.05, 0) is 30.5 Å². The number of fused-ring (bicyclic) bond motifs is 1. The number of amides is 1. The first-order chi connectivity index (χ1) is 12.0. The summed E-state index contributed by atoms with van der Waals surface area (Å²) < 4.78 is 3.28. The fourth-order valence-electron chi connectivity index (χ4n) is 3.39. The Morgan fingerprint density at radius 1 is 1.20 bits per heavy atom. The van der Waals surface area contributed by atoms with Crippen LogP contribution in [-0.2, 0) is 20.5 Å². The number of hydrogen-bond acceptors (Lipinski definition) is 4. The van der Waals surface area contributed by atoms with Crippen molar-refractivity contribution >= 4 is 16.8 Å². The van der Waals surface area contributed by atoms with Crippen molar-refractivity contribution in [3.63, 3.8) is 0 Å². The molecule has 1 amide bonds. The smallest absolute Gasteiger partial charge is 0.274 e. The van der Waals surface area contributed by atoms with Crippen LogP contribution >= 0.6 is 0 Å². The summed E-state index contributed by atoms with van der Waals surface area (Å²) in [6.45, 7) is 1.37. The molecule has 0 aromatic carbocycles. The summed E-state index contributed by atoms with van der Waals surface area (Å²) in [6, 6.07) is 6.96. The molecule has 1 saturated heterocycles. The zero-order chi connectivity index (χ0) is 17.6. The molecule has 0 spiro atoms. The number of carbonyl (C=O) groups is 1. The van der Waals surface area contributed by atoms with Crippen molar-refractivity contribution in [1.29, 1.82) is 0 Å². The number of likely N-dealkylation sites (tertiary alicyclic amines) is 1. The first-order valence-corrected chi connectivity index (χ1v) is 8.25. The van der Waals surface area contributed by atoms with E-state index in [9.17, 15) is 9.59 Å². The standard InChI is InChI=1S/C18H19N5O2/c1-21-8-6-13-5-7-19-15(17(13)21)9-12-10-23(11-12)18(25)14-3-4-16(24)22(2)20-14/h3-8,12H,9-11H2,1-2H3. The van der Waals surface area contributed by atoms with Gasteiger partial charge in [0.2, 0.25) is 0 Å². The molecule has 4 rings (SSSR count). The molecule has 0 N–H and O–H groups in total. The number of hydrogen-bond donors (Lipinski definition) is 0. The summed E-state index contributed by atoms with van der Waals surface area (Å²) in [4.78, 5) is 30.1. The monoisotopic (exact) mass is 337 g/mol. The van der Waals surface area contributed by atoms with Gasteiger partial charge in [0, 0.05) is 51.0 Å². The minimum Gasteiger partial charge on any atom is -0.349 e. The largest absolute Gasteiger partial charge is 0.349 e. The fraction of sp³-hybridized carbons (Fsp3) is 0.333. The van der Waals surface area contributed by atoms with Crippen LogP contribution in [0, 0.1) is 5.92 Å². The van der Waals surface area contributed by atoms with Gasteiger partial charge >= 0.3 is 0 Å². The summed E-state index contributed by atoms with van der Waals surface area (Å²) in [7, 11) is 3.57. The zero-order valence-corrected chi connectivity index (χ0v) is 14.2. The molecule has 0 saturated carbocycles. The second kappa shape index (κ2) is 5.84. The van der Waals surface area contributed by atoms with Crippen molar-refractivity contribution in [3.8, 4) is 0 Å². The van der Waals surface area contributed by atoms with Gasteiger partial charge in [-0.2, -0.15) is 5.10 Å². The topological polar surface area (TPSA) is 73.0 Å². The molecule has 7 heteroatoms. The van der Waals surface area contributed by atoms with E-state index in [1.807, 2.05) is 25.5 Å². The predicted molar refractivity (Wildman–Crippen MR) is 93.3 cm³/mol. The highest BCUT2D eigenvalue weighted by Crippen LogP contribution is 2.25. The van der Waals surface area contributed by atoms with E-state index in [2.05, 4.69) is 20.7 Å². The Morgan fingerprint density at radius 3 is 2.76 bits per heavy atom. The Kier molecular flexibility index (Phi) is 3.63. The lowest BCUT2D eigenvalue weighted by molar-refractivity contribution is 0.0491. The molecule has 1 fully saturated rings. The molecule has 0 unspecified atom stereocenters. The van der Waals surface area contributed by atoms with Gasteiger partial charge in [0.25, 0.3) is 11.5 Å². The van der Waals surface area contributed by atoms with Gasteiger partial charge in [0.1, 0.15) is 5.69 Å². The average Bonchev–Trinajstić information content (AvgIpc) is 2.95. The molecule has 0 aliphatic carbocycles. The molecule has 1 aliphatic rings. The van der Waals surface area contributed by atoms with Crippen LogP contribution in [-0.4, -0.2) is 43.2 Å². The lowest BCUT2D eigenvalue weighted by atomic mass is 9.93. The van der Waals surface area contributed by atoms with E-state index in [-0.39, 0.29) is 11.5 Å². The van der Waals surface area contributed by atoms with Crippen LogP contribution in [0.5, 0.6) is 0 Å². The Morgan fingerprint density at radius 2 is 2.00 bits per heavy atom. The second-order valence-corrected chi connectivity index (χ2v) is 6.58. The maximum absolute atomic E-state index is 12.4. The quantitative estimate of drug-likeness (QED) is 0.714. The van der Waals surface area contributed by atoms with Crippen molar-refractivity contribution < 1.29 is 4.79 Å². The molecule has 0 radical (unpaired) electrons. The highest BCUT2D eigenvalue weighted by Gasteiger charge is 2.32. The lowest BCUT2D eigenvalue weighted by Crippen LogP contribution is -2.51. The first kappa shape index (κ1) is 15.6. The molecule has 3 aromatic heterocycles. The maximum atomic E-state index is 12.4. The van der Waals surface area contributed by atoms with E-state index >= 15 is 0 Å². The van der Waals surface area contributed by atoms with Crippen LogP contribution in [0.1, 0.15) is 16.2 Å². The molecular formula is C18H19N5O2. The molecule has 0 bridgehead atoms. The van der Waals surface area contributed by atoms with Crippen LogP contribution in [0.3, 0.4) is 0 Å². The summed E-state index contributed by atoms with van der Waals surface area (Å²) in [6.07, 6.45) is 4.73. The van der Waals surface area contributed by atoms with E-state index in [0.717, 1.165) is 17.6 Å². The van der Waals surface area contributed by atoms with E-state index in [1.165, 1.54) is 22.2 Å². The normalized spacial score (nSPS) is 14.7. The number of aromatic nitrogens is 4. The molecular weight excluding hydrogens is 318 g/mol. The summed E-state index contributed by atoms with van der Waals surface area (Å²) in [5, 5.41) is 5.22. The van der Waals surface area contributed by atoms with Crippen molar-refractivity contribution in [3.05, 3.63) is 58.4 Å². The lowest BCUT2D eigenvalue weighted by Gasteiger charge is -2.39. The SMILES string of the molecule is Cn1nc(C(=O)N2CC(Cc3nccc4ccn(C)c34)C2)ccc1=O. The minimum atomic E-state index is -0.222. The number of aryl methyl sites for hydroxylation is 2. The van der Waals surface area contributed by atoms with Gasteiger partial charge in [0.05, 0.1) is 11.2 Å². The maximum Gasteiger partial charge on any atom is 0.274 e. The minimum absolute atomic E-state index is 0.128. The van der Waals surface area contributed by atoms with Crippen LogP contribution in [0.2, 0.25) is 0 Å². The van der Waals surface area contributed by atoms with Gasteiger partial charge in [-0.3, -0.25) is 14.6 Å². The third-order valence-electron chi connectivity index (χ3n) is 4.77. The summed E-state index contributed by atoms with van der Waals surface area (Å²) in [5.41, 5.74) is 2.32. The van der Waals surface area contributed by atoms with Crippen LogP contribution in [0.25, 0.3) is 10.9 Å².